The van der Waals surface area contributed by atoms with Crippen LogP contribution in [-0.4, -0.2) is 32.2 Å². The molecule has 0 bridgehead atoms. The number of carbonyl (C=O) groups is 1. The summed E-state index contributed by atoms with van der Waals surface area (Å²) in [5, 5.41) is 3.91. The molecule has 130 valence electrons. The quantitative estimate of drug-likeness (QED) is 0.723. The summed E-state index contributed by atoms with van der Waals surface area (Å²) in [4.78, 5) is 15.5. The van der Waals surface area contributed by atoms with Crippen molar-refractivity contribution in [2.24, 2.45) is 0 Å². The van der Waals surface area contributed by atoms with Gasteiger partial charge in [0.1, 0.15) is 0 Å². The number of methoxy groups -OCH3 is 3. The third kappa shape index (κ3) is 3.38. The number of carbonyl (C=O) groups excluding carboxylic acids is 1. The number of hydrogen-bond donors (Lipinski definition) is 2. The second-order valence-electron chi connectivity index (χ2n) is 5.50. The molecular formula is C19H20N2O4. The monoisotopic (exact) mass is 340 g/mol. The minimum absolute atomic E-state index is 0.142. The van der Waals surface area contributed by atoms with E-state index in [4.69, 9.17) is 14.2 Å². The van der Waals surface area contributed by atoms with Gasteiger partial charge in [0.25, 0.3) is 5.91 Å². The van der Waals surface area contributed by atoms with Crippen LogP contribution in [0.15, 0.2) is 42.6 Å². The van der Waals surface area contributed by atoms with Gasteiger partial charge in [0.15, 0.2) is 11.5 Å². The number of aromatic nitrogens is 1. The van der Waals surface area contributed by atoms with Crippen molar-refractivity contribution in [1.82, 2.24) is 10.3 Å². The molecule has 0 atom stereocenters. The number of rotatable bonds is 6. The zero-order valence-corrected chi connectivity index (χ0v) is 14.4. The first-order chi connectivity index (χ1) is 12.2. The lowest BCUT2D eigenvalue weighted by atomic mass is 10.1. The van der Waals surface area contributed by atoms with Crippen LogP contribution in [0.2, 0.25) is 0 Å². The molecule has 0 aliphatic heterocycles. The van der Waals surface area contributed by atoms with Crippen molar-refractivity contribution < 1.29 is 19.0 Å². The topological polar surface area (TPSA) is 72.6 Å². The number of ether oxygens (including phenoxy) is 3. The van der Waals surface area contributed by atoms with E-state index in [1.165, 1.54) is 0 Å². The van der Waals surface area contributed by atoms with Crippen molar-refractivity contribution >= 4 is 16.8 Å². The molecule has 6 nitrogen and oxygen atoms in total. The first-order valence-electron chi connectivity index (χ1n) is 7.80. The third-order valence-corrected chi connectivity index (χ3v) is 3.99. The summed E-state index contributed by atoms with van der Waals surface area (Å²) < 4.78 is 16.0. The fourth-order valence-electron chi connectivity index (χ4n) is 2.72. The van der Waals surface area contributed by atoms with Gasteiger partial charge in [0.05, 0.1) is 21.3 Å². The second kappa shape index (κ2) is 7.17. The van der Waals surface area contributed by atoms with Crippen LogP contribution in [0.3, 0.4) is 0 Å². The normalized spacial score (nSPS) is 10.5. The SMILES string of the molecule is COc1cc(CNC(=O)c2ccc3[nH]ccc3c2)cc(OC)c1OC. The van der Waals surface area contributed by atoms with Gasteiger partial charge in [-0.15, -0.1) is 0 Å². The van der Waals surface area contributed by atoms with E-state index in [0.29, 0.717) is 29.4 Å². The van der Waals surface area contributed by atoms with Crippen LogP contribution in [0.25, 0.3) is 10.9 Å². The minimum atomic E-state index is -0.142. The Hall–Kier alpha value is -3.15. The van der Waals surface area contributed by atoms with Crippen LogP contribution in [0, 0.1) is 0 Å². The number of benzene rings is 2. The summed E-state index contributed by atoms with van der Waals surface area (Å²) >= 11 is 0. The van der Waals surface area contributed by atoms with Gasteiger partial charge in [-0.3, -0.25) is 4.79 Å². The molecule has 0 unspecified atom stereocenters. The maximum Gasteiger partial charge on any atom is 0.251 e. The van der Waals surface area contributed by atoms with Gasteiger partial charge in [-0.25, -0.2) is 0 Å². The average Bonchev–Trinajstić information content (AvgIpc) is 3.12. The molecule has 0 radical (unpaired) electrons. The summed E-state index contributed by atoms with van der Waals surface area (Å²) in [6.45, 7) is 0.348. The molecule has 0 fully saturated rings. The molecule has 2 aromatic carbocycles. The van der Waals surface area contributed by atoms with Crippen LogP contribution in [-0.2, 0) is 6.54 Å². The lowest BCUT2D eigenvalue weighted by molar-refractivity contribution is 0.0951. The zero-order valence-electron chi connectivity index (χ0n) is 14.4. The van der Waals surface area contributed by atoms with Gasteiger partial charge in [-0.2, -0.15) is 0 Å². The maximum absolute atomic E-state index is 12.4. The fraction of sp³-hybridized carbons (Fsp3) is 0.211. The molecule has 3 rings (SSSR count). The first-order valence-corrected chi connectivity index (χ1v) is 7.80. The van der Waals surface area contributed by atoms with Crippen molar-refractivity contribution in [1.29, 1.82) is 0 Å². The molecule has 0 saturated heterocycles. The minimum Gasteiger partial charge on any atom is -0.493 e. The van der Waals surface area contributed by atoms with Gasteiger partial charge in [-0.1, -0.05) is 0 Å². The molecule has 1 aromatic heterocycles. The van der Waals surface area contributed by atoms with Crippen LogP contribution >= 0.6 is 0 Å². The smallest absolute Gasteiger partial charge is 0.251 e. The molecule has 0 aliphatic rings. The van der Waals surface area contributed by atoms with Gasteiger partial charge in [-0.05, 0) is 42.0 Å². The molecule has 0 aliphatic carbocycles. The Morgan fingerprint density at radius 2 is 1.72 bits per heavy atom. The molecule has 25 heavy (non-hydrogen) atoms. The maximum atomic E-state index is 12.4. The van der Waals surface area contributed by atoms with E-state index in [1.54, 1.807) is 27.4 Å². The average molecular weight is 340 g/mol. The summed E-state index contributed by atoms with van der Waals surface area (Å²) in [5.74, 6) is 1.49. The summed E-state index contributed by atoms with van der Waals surface area (Å²) in [6, 6.07) is 11.1. The number of hydrogen-bond acceptors (Lipinski definition) is 4. The van der Waals surface area contributed by atoms with E-state index >= 15 is 0 Å². The van der Waals surface area contributed by atoms with Gasteiger partial charge < -0.3 is 24.5 Å². The number of aromatic amines is 1. The van der Waals surface area contributed by atoms with Gasteiger partial charge in [0.2, 0.25) is 5.75 Å². The lowest BCUT2D eigenvalue weighted by Crippen LogP contribution is -2.22. The molecule has 0 spiro atoms. The van der Waals surface area contributed by atoms with Crippen molar-refractivity contribution in [3.63, 3.8) is 0 Å². The van der Waals surface area contributed by atoms with E-state index < -0.39 is 0 Å². The van der Waals surface area contributed by atoms with Gasteiger partial charge in [0, 0.05) is 29.2 Å². The van der Waals surface area contributed by atoms with Crippen LogP contribution in [0.1, 0.15) is 15.9 Å². The van der Waals surface area contributed by atoms with Crippen LogP contribution < -0.4 is 19.5 Å². The molecular weight excluding hydrogens is 320 g/mol. The van der Waals surface area contributed by atoms with E-state index in [0.717, 1.165) is 16.5 Å². The second-order valence-corrected chi connectivity index (χ2v) is 5.50. The van der Waals surface area contributed by atoms with Crippen molar-refractivity contribution in [2.75, 3.05) is 21.3 Å². The van der Waals surface area contributed by atoms with Crippen LogP contribution in [0.5, 0.6) is 17.2 Å². The Balaban J connectivity index is 1.77. The van der Waals surface area contributed by atoms with Crippen molar-refractivity contribution in [3.8, 4) is 17.2 Å². The fourth-order valence-corrected chi connectivity index (χ4v) is 2.72. The third-order valence-electron chi connectivity index (χ3n) is 3.99. The van der Waals surface area contributed by atoms with Crippen molar-refractivity contribution in [2.45, 2.75) is 6.54 Å². The molecule has 3 aromatic rings. The summed E-state index contributed by atoms with van der Waals surface area (Å²) in [6.07, 6.45) is 1.85. The summed E-state index contributed by atoms with van der Waals surface area (Å²) in [5.41, 5.74) is 2.46. The molecule has 0 saturated carbocycles. The zero-order chi connectivity index (χ0) is 17.8. The molecule has 2 N–H and O–H groups in total. The number of amides is 1. The molecule has 6 heteroatoms. The Morgan fingerprint density at radius 1 is 1.00 bits per heavy atom. The Kier molecular flexibility index (Phi) is 4.79. The Labute approximate surface area is 145 Å². The number of nitrogens with one attached hydrogen (secondary N) is 2. The highest BCUT2D eigenvalue weighted by atomic mass is 16.5. The highest BCUT2D eigenvalue weighted by Crippen LogP contribution is 2.38. The Morgan fingerprint density at radius 3 is 2.36 bits per heavy atom. The highest BCUT2D eigenvalue weighted by Gasteiger charge is 2.14. The standard InChI is InChI=1S/C19H20N2O4/c1-23-16-8-12(9-17(24-2)18(16)25-3)11-21-19(22)14-4-5-15-13(10-14)6-7-20-15/h4-10,20H,11H2,1-3H3,(H,21,22). The van der Waals surface area contributed by atoms with Gasteiger partial charge >= 0.3 is 0 Å². The van der Waals surface area contributed by atoms with Crippen LogP contribution in [0.4, 0.5) is 0 Å². The first kappa shape index (κ1) is 16.7. The summed E-state index contributed by atoms with van der Waals surface area (Å²) in [7, 11) is 4.68. The highest BCUT2D eigenvalue weighted by molar-refractivity contribution is 5.98. The van der Waals surface area contributed by atoms with E-state index in [1.807, 2.05) is 36.5 Å². The largest absolute Gasteiger partial charge is 0.493 e. The predicted octanol–water partition coefficient (Wildman–Crippen LogP) is 3.12. The lowest BCUT2D eigenvalue weighted by Gasteiger charge is -2.14. The predicted molar refractivity (Wildman–Crippen MR) is 95.6 cm³/mol. The molecule has 1 amide bonds. The van der Waals surface area contributed by atoms with E-state index in [2.05, 4.69) is 10.3 Å². The number of fused-ring (bicyclic) bond motifs is 1. The number of H-pyrrole nitrogens is 1. The van der Waals surface area contributed by atoms with E-state index in [9.17, 15) is 4.79 Å². The molecule has 1 heterocycles. The van der Waals surface area contributed by atoms with E-state index in [-0.39, 0.29) is 5.91 Å². The van der Waals surface area contributed by atoms with Crippen molar-refractivity contribution in [3.05, 3.63) is 53.7 Å². The Bertz CT molecular complexity index is 876.